The molecule has 20 heavy (non-hydrogen) atoms. The van der Waals surface area contributed by atoms with E-state index in [9.17, 15) is 4.39 Å². The zero-order valence-corrected chi connectivity index (χ0v) is 12.2. The van der Waals surface area contributed by atoms with Crippen LogP contribution in [-0.4, -0.2) is 24.1 Å². The standard InChI is InChI=1S/C16H24FN3/c1-2-12-6-9-20(10-7-12)16-15(17)13(5-8-18-16)11-19-14-3-4-14/h5,8,12,14,19H,2-4,6-7,9-11H2,1H3. The van der Waals surface area contributed by atoms with Crippen LogP contribution in [0, 0.1) is 11.7 Å². The zero-order chi connectivity index (χ0) is 13.9. The first-order valence-corrected chi connectivity index (χ1v) is 7.89. The van der Waals surface area contributed by atoms with Crippen molar-refractivity contribution in [2.24, 2.45) is 5.92 Å². The van der Waals surface area contributed by atoms with Gasteiger partial charge in [0.2, 0.25) is 0 Å². The predicted molar refractivity (Wildman–Crippen MR) is 79.3 cm³/mol. The lowest BCUT2D eigenvalue weighted by Gasteiger charge is -2.32. The summed E-state index contributed by atoms with van der Waals surface area (Å²) in [6.45, 7) is 4.73. The first-order chi connectivity index (χ1) is 9.78. The van der Waals surface area contributed by atoms with Crippen LogP contribution in [0.4, 0.5) is 10.2 Å². The molecule has 1 aliphatic heterocycles. The highest BCUT2D eigenvalue weighted by Crippen LogP contribution is 2.27. The van der Waals surface area contributed by atoms with Gasteiger partial charge in [-0.2, -0.15) is 0 Å². The number of pyridine rings is 1. The van der Waals surface area contributed by atoms with E-state index in [0.29, 0.717) is 18.4 Å². The van der Waals surface area contributed by atoms with Gasteiger partial charge in [0.15, 0.2) is 11.6 Å². The molecule has 2 heterocycles. The van der Waals surface area contributed by atoms with Crippen LogP contribution in [0.15, 0.2) is 12.3 Å². The van der Waals surface area contributed by atoms with E-state index in [-0.39, 0.29) is 5.82 Å². The minimum Gasteiger partial charge on any atom is -0.354 e. The molecule has 1 aromatic rings. The highest BCUT2D eigenvalue weighted by molar-refractivity contribution is 5.43. The molecule has 1 saturated heterocycles. The van der Waals surface area contributed by atoms with Gasteiger partial charge in [0.05, 0.1) is 0 Å². The highest BCUT2D eigenvalue weighted by Gasteiger charge is 2.24. The molecular formula is C16H24FN3. The van der Waals surface area contributed by atoms with Crippen molar-refractivity contribution in [3.8, 4) is 0 Å². The van der Waals surface area contributed by atoms with E-state index in [1.54, 1.807) is 12.3 Å². The molecule has 2 fully saturated rings. The van der Waals surface area contributed by atoms with E-state index in [4.69, 9.17) is 0 Å². The van der Waals surface area contributed by atoms with E-state index in [0.717, 1.165) is 37.4 Å². The number of aromatic nitrogens is 1. The number of nitrogens with one attached hydrogen (secondary N) is 1. The van der Waals surface area contributed by atoms with Crippen molar-refractivity contribution >= 4 is 5.82 Å². The molecule has 0 atom stereocenters. The molecule has 0 amide bonds. The topological polar surface area (TPSA) is 28.2 Å². The molecule has 3 rings (SSSR count). The smallest absolute Gasteiger partial charge is 0.170 e. The molecule has 1 aliphatic carbocycles. The Kier molecular flexibility index (Phi) is 4.20. The van der Waals surface area contributed by atoms with Crippen molar-refractivity contribution in [1.29, 1.82) is 0 Å². The fourth-order valence-electron chi connectivity index (χ4n) is 2.92. The third-order valence-corrected chi connectivity index (χ3v) is 4.60. The summed E-state index contributed by atoms with van der Waals surface area (Å²) in [6, 6.07) is 2.40. The first kappa shape index (κ1) is 13.8. The Morgan fingerprint density at radius 1 is 1.30 bits per heavy atom. The van der Waals surface area contributed by atoms with Gasteiger partial charge in [-0.3, -0.25) is 0 Å². The van der Waals surface area contributed by atoms with Crippen LogP contribution in [0.5, 0.6) is 0 Å². The monoisotopic (exact) mass is 277 g/mol. The maximum Gasteiger partial charge on any atom is 0.170 e. The average Bonchev–Trinajstić information content (AvgIpc) is 3.31. The molecule has 1 N–H and O–H groups in total. The predicted octanol–water partition coefficient (Wildman–Crippen LogP) is 3.10. The number of piperidine rings is 1. The molecule has 0 aromatic carbocycles. The third-order valence-electron chi connectivity index (χ3n) is 4.60. The Morgan fingerprint density at radius 2 is 2.05 bits per heavy atom. The van der Waals surface area contributed by atoms with Crippen molar-refractivity contribution in [1.82, 2.24) is 10.3 Å². The first-order valence-electron chi connectivity index (χ1n) is 7.89. The molecular weight excluding hydrogens is 253 g/mol. The molecule has 110 valence electrons. The molecule has 0 unspecified atom stereocenters. The Morgan fingerprint density at radius 3 is 2.70 bits per heavy atom. The van der Waals surface area contributed by atoms with E-state index in [1.165, 1.54) is 19.3 Å². The summed E-state index contributed by atoms with van der Waals surface area (Å²) >= 11 is 0. The lowest BCUT2D eigenvalue weighted by Crippen LogP contribution is -2.35. The second-order valence-electron chi connectivity index (χ2n) is 6.10. The zero-order valence-electron chi connectivity index (χ0n) is 12.2. The van der Waals surface area contributed by atoms with Gasteiger partial charge in [-0.15, -0.1) is 0 Å². The lowest BCUT2D eigenvalue weighted by atomic mass is 9.94. The summed E-state index contributed by atoms with van der Waals surface area (Å²) in [4.78, 5) is 6.39. The fraction of sp³-hybridized carbons (Fsp3) is 0.688. The molecule has 4 heteroatoms. The Hall–Kier alpha value is -1.16. The van der Waals surface area contributed by atoms with E-state index in [2.05, 4.69) is 22.1 Å². The maximum atomic E-state index is 14.6. The molecule has 0 bridgehead atoms. The number of hydrogen-bond acceptors (Lipinski definition) is 3. The Bertz CT molecular complexity index is 451. The van der Waals surface area contributed by atoms with Crippen LogP contribution < -0.4 is 10.2 Å². The summed E-state index contributed by atoms with van der Waals surface area (Å²) in [5.41, 5.74) is 0.750. The number of hydrogen-bond donors (Lipinski definition) is 1. The quantitative estimate of drug-likeness (QED) is 0.896. The summed E-state index contributed by atoms with van der Waals surface area (Å²) in [6.07, 6.45) is 7.74. The van der Waals surface area contributed by atoms with Crippen LogP contribution >= 0.6 is 0 Å². The van der Waals surface area contributed by atoms with Gasteiger partial charge >= 0.3 is 0 Å². The van der Waals surface area contributed by atoms with E-state index < -0.39 is 0 Å². The van der Waals surface area contributed by atoms with Gasteiger partial charge in [0.1, 0.15) is 0 Å². The van der Waals surface area contributed by atoms with Gasteiger partial charge in [0.25, 0.3) is 0 Å². The van der Waals surface area contributed by atoms with Gasteiger partial charge in [-0.05, 0) is 37.7 Å². The van der Waals surface area contributed by atoms with Crippen molar-refractivity contribution in [3.05, 3.63) is 23.6 Å². The van der Waals surface area contributed by atoms with Crippen LogP contribution in [0.25, 0.3) is 0 Å². The van der Waals surface area contributed by atoms with Crippen molar-refractivity contribution in [2.75, 3.05) is 18.0 Å². The van der Waals surface area contributed by atoms with E-state index in [1.807, 2.05) is 0 Å². The van der Waals surface area contributed by atoms with Gasteiger partial charge in [-0.25, -0.2) is 9.37 Å². The maximum absolute atomic E-state index is 14.6. The normalized spacial score (nSPS) is 20.4. The molecule has 0 radical (unpaired) electrons. The average molecular weight is 277 g/mol. The lowest BCUT2D eigenvalue weighted by molar-refractivity contribution is 0.390. The Labute approximate surface area is 120 Å². The number of anilines is 1. The summed E-state index contributed by atoms with van der Waals surface area (Å²) in [5, 5.41) is 3.37. The fourth-order valence-corrected chi connectivity index (χ4v) is 2.92. The van der Waals surface area contributed by atoms with Crippen LogP contribution in [0.1, 0.15) is 44.6 Å². The van der Waals surface area contributed by atoms with Crippen LogP contribution in [0.2, 0.25) is 0 Å². The second-order valence-corrected chi connectivity index (χ2v) is 6.10. The summed E-state index contributed by atoms with van der Waals surface area (Å²) in [5.74, 6) is 1.22. The molecule has 1 saturated carbocycles. The van der Waals surface area contributed by atoms with Crippen molar-refractivity contribution in [3.63, 3.8) is 0 Å². The van der Waals surface area contributed by atoms with Gasteiger partial charge in [-0.1, -0.05) is 13.3 Å². The van der Waals surface area contributed by atoms with Crippen LogP contribution in [-0.2, 0) is 6.54 Å². The van der Waals surface area contributed by atoms with E-state index >= 15 is 0 Å². The number of halogens is 1. The molecule has 1 aromatic heterocycles. The van der Waals surface area contributed by atoms with Gasteiger partial charge in [0, 0.05) is 37.4 Å². The molecule has 3 nitrogen and oxygen atoms in total. The molecule has 0 spiro atoms. The summed E-state index contributed by atoms with van der Waals surface area (Å²) < 4.78 is 14.6. The number of rotatable bonds is 5. The molecule has 2 aliphatic rings. The summed E-state index contributed by atoms with van der Waals surface area (Å²) in [7, 11) is 0. The minimum absolute atomic E-state index is 0.129. The second kappa shape index (κ2) is 6.08. The highest BCUT2D eigenvalue weighted by atomic mass is 19.1. The van der Waals surface area contributed by atoms with Crippen molar-refractivity contribution < 1.29 is 4.39 Å². The Balaban J connectivity index is 1.67. The largest absolute Gasteiger partial charge is 0.354 e. The third kappa shape index (κ3) is 3.11. The van der Waals surface area contributed by atoms with Gasteiger partial charge < -0.3 is 10.2 Å². The van der Waals surface area contributed by atoms with Crippen molar-refractivity contribution in [2.45, 2.75) is 51.6 Å². The SMILES string of the molecule is CCC1CCN(c2nccc(CNC3CC3)c2F)CC1. The number of nitrogens with zero attached hydrogens (tertiary/aromatic N) is 2. The minimum atomic E-state index is -0.129. The van der Waals surface area contributed by atoms with Crippen LogP contribution in [0.3, 0.4) is 0 Å².